The van der Waals surface area contributed by atoms with Gasteiger partial charge in [-0.05, 0) is 73.9 Å². The minimum Gasteiger partial charge on any atom is -0.372 e. The molecule has 1 saturated heterocycles. The second-order valence-electron chi connectivity index (χ2n) is 8.40. The quantitative estimate of drug-likeness (QED) is 0.558. The van der Waals surface area contributed by atoms with E-state index < -0.39 is 5.91 Å². The number of carbonyl (C=O) groups excluding carboxylic acids is 2. The van der Waals surface area contributed by atoms with Crippen LogP contribution in [0.25, 0.3) is 5.57 Å². The Morgan fingerprint density at radius 2 is 1.36 bits per heavy atom. The van der Waals surface area contributed by atoms with Gasteiger partial charge < -0.3 is 10.2 Å². The average molecular weight is 442 g/mol. The summed E-state index contributed by atoms with van der Waals surface area (Å²) in [4.78, 5) is 30.5. The van der Waals surface area contributed by atoms with Crippen LogP contribution >= 0.6 is 0 Å². The highest BCUT2D eigenvalue weighted by atomic mass is 19.1. The molecule has 0 radical (unpaired) electrons. The van der Waals surface area contributed by atoms with E-state index in [4.69, 9.17) is 0 Å². The molecule has 1 N–H and O–H groups in total. The molecule has 5 nitrogen and oxygen atoms in total. The van der Waals surface area contributed by atoms with Crippen LogP contribution in [-0.4, -0.2) is 24.9 Å². The maximum Gasteiger partial charge on any atom is 0.282 e. The molecule has 0 spiro atoms. The van der Waals surface area contributed by atoms with Crippen molar-refractivity contribution in [1.29, 1.82) is 0 Å². The number of halogens is 1. The number of nitrogens with zero attached hydrogens (tertiary/aromatic N) is 2. The Morgan fingerprint density at radius 1 is 0.758 bits per heavy atom. The van der Waals surface area contributed by atoms with Gasteiger partial charge in [0.05, 0.1) is 11.3 Å². The fraction of sp³-hybridized carbons (Fsp3) is 0.185. The van der Waals surface area contributed by atoms with Crippen molar-refractivity contribution < 1.29 is 14.0 Å². The molecule has 0 bridgehead atoms. The zero-order valence-corrected chi connectivity index (χ0v) is 18.3. The highest BCUT2D eigenvalue weighted by molar-refractivity contribution is 6.46. The lowest BCUT2D eigenvalue weighted by Gasteiger charge is -2.20. The summed E-state index contributed by atoms with van der Waals surface area (Å²) < 4.78 is 13.4. The van der Waals surface area contributed by atoms with Crippen molar-refractivity contribution in [3.8, 4) is 0 Å². The molecule has 0 atom stereocenters. The zero-order valence-electron chi connectivity index (χ0n) is 18.3. The van der Waals surface area contributed by atoms with Gasteiger partial charge in [0, 0.05) is 24.5 Å². The molecule has 2 aliphatic heterocycles. The van der Waals surface area contributed by atoms with Crippen molar-refractivity contribution >= 4 is 34.4 Å². The van der Waals surface area contributed by atoms with Gasteiger partial charge in [-0.3, -0.25) is 9.59 Å². The van der Waals surface area contributed by atoms with Gasteiger partial charge in [0.2, 0.25) is 0 Å². The molecular formula is C27H24FN3O2. The number of benzene rings is 3. The summed E-state index contributed by atoms with van der Waals surface area (Å²) in [7, 11) is 0. The lowest BCUT2D eigenvalue weighted by molar-refractivity contribution is -0.120. The maximum absolute atomic E-state index is 13.5. The molecule has 2 aliphatic rings. The van der Waals surface area contributed by atoms with Crippen molar-refractivity contribution in [2.24, 2.45) is 0 Å². The molecule has 2 heterocycles. The number of rotatable bonds is 5. The summed E-state index contributed by atoms with van der Waals surface area (Å²) in [6, 6.07) is 20.7. The lowest BCUT2D eigenvalue weighted by atomic mass is 10.0. The summed E-state index contributed by atoms with van der Waals surface area (Å²) >= 11 is 0. The van der Waals surface area contributed by atoms with E-state index >= 15 is 0 Å². The van der Waals surface area contributed by atoms with Crippen LogP contribution in [0.1, 0.15) is 24.0 Å². The Balaban J connectivity index is 1.51. The molecule has 3 aromatic rings. The van der Waals surface area contributed by atoms with Gasteiger partial charge in [0.25, 0.3) is 11.8 Å². The van der Waals surface area contributed by atoms with Gasteiger partial charge in [-0.1, -0.05) is 29.8 Å². The highest BCUT2D eigenvalue weighted by Crippen LogP contribution is 2.35. The highest BCUT2D eigenvalue weighted by Gasteiger charge is 2.40. The molecule has 3 aromatic carbocycles. The molecular weight excluding hydrogens is 417 g/mol. The van der Waals surface area contributed by atoms with Crippen LogP contribution in [0, 0.1) is 12.7 Å². The third-order valence-corrected chi connectivity index (χ3v) is 6.12. The van der Waals surface area contributed by atoms with Crippen LogP contribution in [0.5, 0.6) is 0 Å². The zero-order chi connectivity index (χ0) is 22.9. The van der Waals surface area contributed by atoms with E-state index in [1.54, 1.807) is 12.1 Å². The number of amides is 2. The van der Waals surface area contributed by atoms with Gasteiger partial charge in [-0.25, -0.2) is 9.29 Å². The molecule has 166 valence electrons. The third kappa shape index (κ3) is 4.00. The Bertz CT molecular complexity index is 1230. The van der Waals surface area contributed by atoms with Gasteiger partial charge in [-0.15, -0.1) is 0 Å². The standard InChI is InChI=1S/C27H24FN3O2/c1-18-4-6-19(7-5-18)24-25(29-21-10-8-20(28)9-11-21)27(33)31(26(24)32)23-14-12-22(13-15-23)30-16-2-3-17-30/h4-15,29H,2-3,16-17H2,1H3. The molecule has 2 amide bonds. The summed E-state index contributed by atoms with van der Waals surface area (Å²) in [5.41, 5.74) is 4.33. The van der Waals surface area contributed by atoms with Crippen molar-refractivity contribution in [1.82, 2.24) is 0 Å². The number of nitrogens with one attached hydrogen (secondary N) is 1. The second kappa shape index (κ2) is 8.54. The van der Waals surface area contributed by atoms with E-state index in [9.17, 15) is 14.0 Å². The molecule has 0 aliphatic carbocycles. The smallest absolute Gasteiger partial charge is 0.282 e. The molecule has 33 heavy (non-hydrogen) atoms. The first-order valence-corrected chi connectivity index (χ1v) is 11.1. The van der Waals surface area contributed by atoms with Crippen LogP contribution in [0.3, 0.4) is 0 Å². The van der Waals surface area contributed by atoms with Crippen LogP contribution in [0.2, 0.25) is 0 Å². The molecule has 6 heteroatoms. The summed E-state index contributed by atoms with van der Waals surface area (Å²) in [5.74, 6) is -1.20. The van der Waals surface area contributed by atoms with Crippen LogP contribution in [-0.2, 0) is 9.59 Å². The summed E-state index contributed by atoms with van der Waals surface area (Å²) in [6.45, 7) is 4.00. The minimum absolute atomic E-state index is 0.180. The molecule has 0 saturated carbocycles. The van der Waals surface area contributed by atoms with Crippen molar-refractivity contribution in [3.63, 3.8) is 0 Å². The van der Waals surface area contributed by atoms with Gasteiger partial charge in [-0.2, -0.15) is 0 Å². The topological polar surface area (TPSA) is 52.7 Å². The van der Waals surface area contributed by atoms with Crippen molar-refractivity contribution in [3.05, 3.63) is 95.4 Å². The monoisotopic (exact) mass is 441 g/mol. The van der Waals surface area contributed by atoms with E-state index in [2.05, 4.69) is 10.2 Å². The maximum atomic E-state index is 13.5. The first-order valence-electron chi connectivity index (χ1n) is 11.1. The first kappa shape index (κ1) is 20.9. The number of hydrogen-bond acceptors (Lipinski definition) is 4. The van der Waals surface area contributed by atoms with Gasteiger partial charge in [0.15, 0.2) is 0 Å². The predicted molar refractivity (Wildman–Crippen MR) is 129 cm³/mol. The first-order chi connectivity index (χ1) is 16.0. The van der Waals surface area contributed by atoms with E-state index in [1.807, 2.05) is 55.5 Å². The minimum atomic E-state index is -0.436. The number of anilines is 3. The van der Waals surface area contributed by atoms with Crippen LogP contribution in [0.15, 0.2) is 78.5 Å². The van der Waals surface area contributed by atoms with E-state index in [-0.39, 0.29) is 17.4 Å². The Hall–Kier alpha value is -3.93. The molecule has 5 rings (SSSR count). The Labute approximate surface area is 192 Å². The lowest BCUT2D eigenvalue weighted by Crippen LogP contribution is -2.32. The molecule has 0 aromatic heterocycles. The van der Waals surface area contributed by atoms with E-state index in [1.165, 1.54) is 29.9 Å². The number of carbonyl (C=O) groups is 2. The van der Waals surface area contributed by atoms with Gasteiger partial charge >= 0.3 is 0 Å². The number of hydrogen-bond donors (Lipinski definition) is 1. The predicted octanol–water partition coefficient (Wildman–Crippen LogP) is 5.13. The summed E-state index contributed by atoms with van der Waals surface area (Å²) in [5, 5.41) is 3.06. The van der Waals surface area contributed by atoms with Crippen LogP contribution < -0.4 is 15.1 Å². The van der Waals surface area contributed by atoms with E-state index in [0.717, 1.165) is 24.3 Å². The van der Waals surface area contributed by atoms with Crippen molar-refractivity contribution in [2.45, 2.75) is 19.8 Å². The Morgan fingerprint density at radius 3 is 2.00 bits per heavy atom. The Kier molecular flexibility index (Phi) is 5.42. The largest absolute Gasteiger partial charge is 0.372 e. The molecule has 1 fully saturated rings. The second-order valence-corrected chi connectivity index (χ2v) is 8.40. The average Bonchev–Trinajstić information content (AvgIpc) is 3.44. The SMILES string of the molecule is Cc1ccc(C2=C(Nc3ccc(F)cc3)C(=O)N(c3ccc(N4CCCC4)cc3)C2=O)cc1. The molecule has 0 unspecified atom stereocenters. The fourth-order valence-corrected chi connectivity index (χ4v) is 4.33. The fourth-order valence-electron chi connectivity index (χ4n) is 4.33. The van der Waals surface area contributed by atoms with Crippen molar-refractivity contribution in [2.75, 3.05) is 28.2 Å². The number of imide groups is 1. The summed E-state index contributed by atoms with van der Waals surface area (Å²) in [6.07, 6.45) is 2.35. The van der Waals surface area contributed by atoms with Crippen LogP contribution in [0.4, 0.5) is 21.5 Å². The third-order valence-electron chi connectivity index (χ3n) is 6.12. The van der Waals surface area contributed by atoms with Gasteiger partial charge in [0.1, 0.15) is 11.5 Å². The number of aryl methyl sites for hydroxylation is 1. The normalized spacial score (nSPS) is 16.2. The van der Waals surface area contributed by atoms with E-state index in [0.29, 0.717) is 22.5 Å².